The average Bonchev–Trinajstić information content (AvgIpc) is 2.53. The van der Waals surface area contributed by atoms with Crippen molar-refractivity contribution in [1.82, 2.24) is 9.38 Å². The summed E-state index contributed by atoms with van der Waals surface area (Å²) in [6.07, 6.45) is 10.4. The van der Waals surface area contributed by atoms with Crippen LogP contribution in [0, 0.1) is 23.2 Å². The lowest BCUT2D eigenvalue weighted by atomic mass is 9.49. The standard InChI is InChI=1S/C20H25N3O/c1-22(18-9-19(24)23-5-3-2-4-17(23)21-18)13-20-10-14-6-15(11-20)8-16(7-14)12-20/h2-5,9,14-16H,6-8,10-13H2,1H3. The Morgan fingerprint density at radius 2 is 1.83 bits per heavy atom. The van der Waals surface area contributed by atoms with E-state index in [9.17, 15) is 4.79 Å². The van der Waals surface area contributed by atoms with Gasteiger partial charge in [0.1, 0.15) is 11.5 Å². The molecule has 4 aliphatic rings. The van der Waals surface area contributed by atoms with Crippen LogP contribution in [0.15, 0.2) is 35.3 Å². The fraction of sp³-hybridized carbons (Fsp3) is 0.600. The number of pyridine rings is 1. The topological polar surface area (TPSA) is 37.6 Å². The van der Waals surface area contributed by atoms with E-state index < -0.39 is 0 Å². The SMILES string of the molecule is CN(CC12CC3CC(CC(C3)C1)C2)c1cc(=O)n2ccccc2n1. The first-order valence-electron chi connectivity index (χ1n) is 9.30. The van der Waals surface area contributed by atoms with Gasteiger partial charge in [0.15, 0.2) is 0 Å². The van der Waals surface area contributed by atoms with E-state index in [0.717, 1.165) is 35.8 Å². The Hall–Kier alpha value is -1.84. The molecule has 4 bridgehead atoms. The molecule has 126 valence electrons. The summed E-state index contributed by atoms with van der Waals surface area (Å²) in [5.41, 5.74) is 1.21. The minimum atomic E-state index is 0.00737. The van der Waals surface area contributed by atoms with Crippen LogP contribution in [0.25, 0.3) is 5.65 Å². The van der Waals surface area contributed by atoms with Gasteiger partial charge in [0.2, 0.25) is 0 Å². The van der Waals surface area contributed by atoms with Gasteiger partial charge in [-0.25, -0.2) is 4.98 Å². The van der Waals surface area contributed by atoms with Crippen LogP contribution >= 0.6 is 0 Å². The van der Waals surface area contributed by atoms with Crippen molar-refractivity contribution in [3.63, 3.8) is 0 Å². The third-order valence-electron chi connectivity index (χ3n) is 6.69. The molecule has 4 heteroatoms. The lowest BCUT2D eigenvalue weighted by Gasteiger charge is -2.57. The number of nitrogens with zero attached hydrogens (tertiary/aromatic N) is 3. The maximum absolute atomic E-state index is 12.4. The molecule has 0 unspecified atom stereocenters. The molecule has 0 saturated heterocycles. The molecule has 0 spiro atoms. The Bertz CT molecular complexity index is 805. The largest absolute Gasteiger partial charge is 0.359 e. The molecule has 2 heterocycles. The highest BCUT2D eigenvalue weighted by Gasteiger charge is 2.51. The van der Waals surface area contributed by atoms with Crippen molar-refractivity contribution in [1.29, 1.82) is 0 Å². The number of fused-ring (bicyclic) bond motifs is 1. The Morgan fingerprint density at radius 1 is 1.17 bits per heavy atom. The highest BCUT2D eigenvalue weighted by molar-refractivity contribution is 5.47. The predicted octanol–water partition coefficient (Wildman–Crippen LogP) is 3.35. The minimum Gasteiger partial charge on any atom is -0.359 e. The van der Waals surface area contributed by atoms with Crippen molar-refractivity contribution in [2.24, 2.45) is 23.2 Å². The first-order valence-corrected chi connectivity index (χ1v) is 9.30. The minimum absolute atomic E-state index is 0.00737. The maximum atomic E-state index is 12.4. The molecule has 0 atom stereocenters. The fourth-order valence-corrected chi connectivity index (χ4v) is 6.30. The Labute approximate surface area is 142 Å². The second-order valence-electron chi connectivity index (χ2n) is 8.66. The van der Waals surface area contributed by atoms with Crippen molar-refractivity contribution in [2.45, 2.75) is 38.5 Å². The highest BCUT2D eigenvalue weighted by Crippen LogP contribution is 2.60. The molecular weight excluding hydrogens is 298 g/mol. The first-order chi connectivity index (χ1) is 11.6. The molecule has 4 aliphatic carbocycles. The predicted molar refractivity (Wildman–Crippen MR) is 95.3 cm³/mol. The third-order valence-corrected chi connectivity index (χ3v) is 6.69. The molecule has 0 radical (unpaired) electrons. The summed E-state index contributed by atoms with van der Waals surface area (Å²) in [4.78, 5) is 19.3. The van der Waals surface area contributed by atoms with Gasteiger partial charge in [0.05, 0.1) is 0 Å². The quantitative estimate of drug-likeness (QED) is 0.869. The summed E-state index contributed by atoms with van der Waals surface area (Å²) >= 11 is 0. The van der Waals surface area contributed by atoms with E-state index in [4.69, 9.17) is 4.98 Å². The fourth-order valence-electron chi connectivity index (χ4n) is 6.30. The second kappa shape index (κ2) is 5.08. The van der Waals surface area contributed by atoms with E-state index in [-0.39, 0.29) is 5.56 Å². The summed E-state index contributed by atoms with van der Waals surface area (Å²) in [5, 5.41) is 0. The number of aromatic nitrogens is 2. The van der Waals surface area contributed by atoms with E-state index >= 15 is 0 Å². The van der Waals surface area contributed by atoms with E-state index in [1.165, 1.54) is 38.5 Å². The van der Waals surface area contributed by atoms with Crippen molar-refractivity contribution in [2.75, 3.05) is 18.5 Å². The summed E-state index contributed by atoms with van der Waals surface area (Å²) in [5.74, 6) is 3.70. The number of hydrogen-bond acceptors (Lipinski definition) is 3. The van der Waals surface area contributed by atoms with Crippen molar-refractivity contribution in [3.05, 3.63) is 40.8 Å². The van der Waals surface area contributed by atoms with Crippen molar-refractivity contribution < 1.29 is 0 Å². The first kappa shape index (κ1) is 14.5. The monoisotopic (exact) mass is 323 g/mol. The zero-order valence-corrected chi connectivity index (χ0v) is 14.3. The van der Waals surface area contributed by atoms with Gasteiger partial charge in [0.25, 0.3) is 5.56 Å². The van der Waals surface area contributed by atoms with Crippen LogP contribution in [0.1, 0.15) is 38.5 Å². The zero-order chi connectivity index (χ0) is 16.3. The van der Waals surface area contributed by atoms with Gasteiger partial charge < -0.3 is 4.90 Å². The van der Waals surface area contributed by atoms with Crippen LogP contribution in [-0.2, 0) is 0 Å². The lowest BCUT2D eigenvalue weighted by Crippen LogP contribution is -2.50. The van der Waals surface area contributed by atoms with Crippen molar-refractivity contribution in [3.8, 4) is 0 Å². The van der Waals surface area contributed by atoms with Gasteiger partial charge in [-0.2, -0.15) is 0 Å². The number of rotatable bonds is 3. The molecule has 0 aromatic carbocycles. The summed E-state index contributed by atoms with van der Waals surface area (Å²) in [7, 11) is 2.11. The number of anilines is 1. The Kier molecular flexibility index (Phi) is 3.07. The van der Waals surface area contributed by atoms with Gasteiger partial charge in [-0.3, -0.25) is 9.20 Å². The van der Waals surface area contributed by atoms with Gasteiger partial charge >= 0.3 is 0 Å². The van der Waals surface area contributed by atoms with Gasteiger partial charge in [-0.15, -0.1) is 0 Å². The average molecular weight is 323 g/mol. The highest BCUT2D eigenvalue weighted by atomic mass is 16.1. The lowest BCUT2D eigenvalue weighted by molar-refractivity contribution is -0.0472. The van der Waals surface area contributed by atoms with Crippen molar-refractivity contribution >= 4 is 11.5 Å². The van der Waals surface area contributed by atoms with E-state index in [2.05, 4.69) is 11.9 Å². The molecule has 0 N–H and O–H groups in total. The molecule has 4 fully saturated rings. The zero-order valence-electron chi connectivity index (χ0n) is 14.3. The molecule has 4 nitrogen and oxygen atoms in total. The van der Waals surface area contributed by atoms with Gasteiger partial charge in [0, 0.05) is 25.9 Å². The summed E-state index contributed by atoms with van der Waals surface area (Å²) in [6, 6.07) is 7.40. The number of hydrogen-bond donors (Lipinski definition) is 0. The molecule has 0 aliphatic heterocycles. The molecule has 2 aromatic heterocycles. The van der Waals surface area contributed by atoms with Crippen LogP contribution in [0.5, 0.6) is 0 Å². The van der Waals surface area contributed by atoms with Gasteiger partial charge in [-0.05, 0) is 73.8 Å². The van der Waals surface area contributed by atoms with E-state index in [1.807, 2.05) is 18.2 Å². The maximum Gasteiger partial charge on any atom is 0.259 e. The summed E-state index contributed by atoms with van der Waals surface area (Å²) < 4.78 is 1.61. The van der Waals surface area contributed by atoms with E-state index in [0.29, 0.717) is 5.41 Å². The molecule has 6 rings (SSSR count). The summed E-state index contributed by atoms with van der Waals surface area (Å²) in [6.45, 7) is 1.05. The molecule has 4 saturated carbocycles. The van der Waals surface area contributed by atoms with Crippen LogP contribution < -0.4 is 10.5 Å². The normalized spacial score (nSPS) is 34.0. The molecule has 2 aromatic rings. The van der Waals surface area contributed by atoms with Crippen LogP contribution in [-0.4, -0.2) is 23.0 Å². The third kappa shape index (κ3) is 2.27. The smallest absolute Gasteiger partial charge is 0.259 e. The van der Waals surface area contributed by atoms with Crippen LogP contribution in [0.3, 0.4) is 0 Å². The second-order valence-corrected chi connectivity index (χ2v) is 8.66. The Morgan fingerprint density at radius 3 is 2.50 bits per heavy atom. The Balaban J connectivity index is 1.45. The van der Waals surface area contributed by atoms with Gasteiger partial charge in [-0.1, -0.05) is 6.07 Å². The van der Waals surface area contributed by atoms with E-state index in [1.54, 1.807) is 16.7 Å². The van der Waals surface area contributed by atoms with Crippen LogP contribution in [0.4, 0.5) is 5.82 Å². The molecule has 24 heavy (non-hydrogen) atoms. The molecule has 0 amide bonds. The van der Waals surface area contributed by atoms with Crippen LogP contribution in [0.2, 0.25) is 0 Å². The molecular formula is C20H25N3O.